The first-order valence-electron chi connectivity index (χ1n) is 5.00. The number of carbonyl (C=O) groups excluding carboxylic acids is 2. The number of carbonyl (C=O) groups is 2. The van der Waals surface area contributed by atoms with Gasteiger partial charge in [-0.25, -0.2) is 0 Å². The maximum absolute atomic E-state index is 11.7. The fourth-order valence-corrected chi connectivity index (χ4v) is 3.27. The third-order valence-corrected chi connectivity index (χ3v) is 4.24. The smallest absolute Gasteiger partial charge is 0.256 e. The third-order valence-electron chi connectivity index (χ3n) is 2.86. The van der Waals surface area contributed by atoms with Crippen LogP contribution < -0.4 is 0 Å². The van der Waals surface area contributed by atoms with E-state index >= 15 is 0 Å². The minimum atomic E-state index is -0.759. The first kappa shape index (κ1) is 10.5. The Morgan fingerprint density at radius 2 is 1.93 bits per heavy atom. The highest BCUT2D eigenvalue weighted by Gasteiger charge is 2.35. The second-order valence-corrected chi connectivity index (χ2v) is 5.62. The molecule has 0 aliphatic carbocycles. The zero-order valence-corrected chi connectivity index (χ0v) is 9.38. The Morgan fingerprint density at radius 1 is 1.33 bits per heavy atom. The molecule has 1 fully saturated rings. The summed E-state index contributed by atoms with van der Waals surface area (Å²) in [6.07, 6.45) is 2.73. The molecule has 0 bridgehead atoms. The normalized spacial score (nSPS) is 32.1. The van der Waals surface area contributed by atoms with Gasteiger partial charge in [0, 0.05) is 40.0 Å². The summed E-state index contributed by atoms with van der Waals surface area (Å²) in [5.74, 6) is 0.800. The summed E-state index contributed by atoms with van der Waals surface area (Å²) in [6.45, 7) is 1.65. The topological polar surface area (TPSA) is 54.5 Å². The molecule has 0 radical (unpaired) electrons. The molecule has 0 saturated carbocycles. The second kappa shape index (κ2) is 3.89. The Labute approximate surface area is 90.8 Å². The van der Waals surface area contributed by atoms with Gasteiger partial charge in [0.25, 0.3) is 11.8 Å². The lowest BCUT2D eigenvalue weighted by Crippen LogP contribution is -2.44. The number of hydrogen-bond donors (Lipinski definition) is 0. The van der Waals surface area contributed by atoms with Crippen molar-refractivity contribution in [3.63, 3.8) is 0 Å². The van der Waals surface area contributed by atoms with Crippen molar-refractivity contribution in [1.82, 2.24) is 4.90 Å². The first-order valence-corrected chi connectivity index (χ1v) is 6.49. The van der Waals surface area contributed by atoms with Gasteiger partial charge in [0.15, 0.2) is 0 Å². The molecule has 2 aliphatic rings. The van der Waals surface area contributed by atoms with Crippen LogP contribution in [0.5, 0.6) is 0 Å². The van der Waals surface area contributed by atoms with E-state index in [0.717, 1.165) is 0 Å². The van der Waals surface area contributed by atoms with Gasteiger partial charge >= 0.3 is 0 Å². The van der Waals surface area contributed by atoms with Gasteiger partial charge in [0.1, 0.15) is 0 Å². The van der Waals surface area contributed by atoms with Crippen LogP contribution in [0.1, 0.15) is 19.8 Å². The maximum Gasteiger partial charge on any atom is 0.256 e. The average Bonchev–Trinajstić information content (AvgIpc) is 2.44. The molecule has 1 saturated heterocycles. The highest BCUT2D eigenvalue weighted by atomic mass is 32.2. The van der Waals surface area contributed by atoms with Crippen molar-refractivity contribution in [3.05, 3.63) is 11.6 Å². The van der Waals surface area contributed by atoms with Crippen LogP contribution in [-0.2, 0) is 20.4 Å². The Kier molecular flexibility index (Phi) is 2.73. The summed E-state index contributed by atoms with van der Waals surface area (Å²) in [5.41, 5.74) is 0.506. The number of amides is 2. The van der Waals surface area contributed by atoms with Crippen LogP contribution in [0.15, 0.2) is 11.6 Å². The number of imide groups is 1. The van der Waals surface area contributed by atoms with Gasteiger partial charge in [0.2, 0.25) is 0 Å². The molecule has 2 amide bonds. The molecule has 4 nitrogen and oxygen atoms in total. The molecule has 0 unspecified atom stereocenters. The van der Waals surface area contributed by atoms with Gasteiger partial charge in [-0.3, -0.25) is 18.7 Å². The Bertz CT molecular complexity index is 365. The number of hydrogen-bond acceptors (Lipinski definition) is 3. The second-order valence-electron chi connectivity index (χ2n) is 3.92. The van der Waals surface area contributed by atoms with Gasteiger partial charge in [-0.2, -0.15) is 0 Å². The standard InChI is InChI=1S/C10H13NO3S/c1-7-6-9(12)11(10(7)13)8-2-4-15(14)5-3-8/h6,8H,2-5H2,1H3. The van der Waals surface area contributed by atoms with Crippen LogP contribution in [0.3, 0.4) is 0 Å². The fourth-order valence-electron chi connectivity index (χ4n) is 1.99. The SMILES string of the molecule is CC1=CC(=O)N(C2CCS(=O)CC2)C1=O. The van der Waals surface area contributed by atoms with Gasteiger partial charge in [0.05, 0.1) is 0 Å². The number of rotatable bonds is 1. The van der Waals surface area contributed by atoms with Gasteiger partial charge < -0.3 is 0 Å². The van der Waals surface area contributed by atoms with E-state index in [9.17, 15) is 13.8 Å². The summed E-state index contributed by atoms with van der Waals surface area (Å²) < 4.78 is 11.2. The lowest BCUT2D eigenvalue weighted by Gasteiger charge is -2.29. The molecule has 0 spiro atoms. The minimum absolute atomic E-state index is 0.0450. The molecular formula is C10H13NO3S. The lowest BCUT2D eigenvalue weighted by molar-refractivity contribution is -0.140. The van der Waals surface area contributed by atoms with Crippen molar-refractivity contribution >= 4 is 22.6 Å². The Morgan fingerprint density at radius 3 is 2.40 bits per heavy atom. The average molecular weight is 227 g/mol. The minimum Gasteiger partial charge on any atom is -0.272 e. The van der Waals surface area contributed by atoms with Crippen molar-refractivity contribution in [2.45, 2.75) is 25.8 Å². The zero-order valence-electron chi connectivity index (χ0n) is 8.56. The van der Waals surface area contributed by atoms with Crippen LogP contribution in [0.25, 0.3) is 0 Å². The van der Waals surface area contributed by atoms with Crippen molar-refractivity contribution < 1.29 is 13.8 Å². The van der Waals surface area contributed by atoms with E-state index in [4.69, 9.17) is 0 Å². The molecule has 0 N–H and O–H groups in total. The lowest BCUT2D eigenvalue weighted by atomic mass is 10.1. The summed E-state index contributed by atoms with van der Waals surface area (Å²) in [4.78, 5) is 24.5. The molecule has 82 valence electrons. The zero-order chi connectivity index (χ0) is 11.0. The first-order chi connectivity index (χ1) is 7.09. The van der Waals surface area contributed by atoms with Crippen molar-refractivity contribution in [2.24, 2.45) is 0 Å². The van der Waals surface area contributed by atoms with E-state index in [0.29, 0.717) is 29.9 Å². The van der Waals surface area contributed by atoms with E-state index in [1.165, 1.54) is 11.0 Å². The van der Waals surface area contributed by atoms with Crippen molar-refractivity contribution in [1.29, 1.82) is 0 Å². The molecule has 5 heteroatoms. The predicted octanol–water partition coefficient (Wildman–Crippen LogP) is 0.213. The molecule has 15 heavy (non-hydrogen) atoms. The highest BCUT2D eigenvalue weighted by molar-refractivity contribution is 7.85. The Hall–Kier alpha value is -0.970. The molecule has 0 aromatic rings. The van der Waals surface area contributed by atoms with Gasteiger partial charge in [-0.1, -0.05) is 0 Å². The molecule has 2 aliphatic heterocycles. The molecule has 0 atom stereocenters. The summed E-state index contributed by atoms with van der Waals surface area (Å²) in [6, 6.07) is -0.0450. The van der Waals surface area contributed by atoms with Crippen LogP contribution >= 0.6 is 0 Å². The summed E-state index contributed by atoms with van der Waals surface area (Å²) >= 11 is 0. The third kappa shape index (κ3) is 1.88. The van der Waals surface area contributed by atoms with E-state index in [-0.39, 0.29) is 17.9 Å². The summed E-state index contributed by atoms with van der Waals surface area (Å²) in [7, 11) is -0.759. The van der Waals surface area contributed by atoms with Crippen LogP contribution in [0.4, 0.5) is 0 Å². The molecule has 2 rings (SSSR count). The number of nitrogens with zero attached hydrogens (tertiary/aromatic N) is 1. The molecule has 0 aromatic carbocycles. The molecule has 2 heterocycles. The largest absolute Gasteiger partial charge is 0.272 e. The summed E-state index contributed by atoms with van der Waals surface area (Å²) in [5, 5.41) is 0. The van der Waals surface area contributed by atoms with Crippen LogP contribution in [0, 0.1) is 0 Å². The van der Waals surface area contributed by atoms with Crippen molar-refractivity contribution in [2.75, 3.05) is 11.5 Å². The van der Waals surface area contributed by atoms with Gasteiger partial charge in [-0.15, -0.1) is 0 Å². The van der Waals surface area contributed by atoms with Crippen LogP contribution in [-0.4, -0.2) is 38.5 Å². The highest BCUT2D eigenvalue weighted by Crippen LogP contribution is 2.22. The monoisotopic (exact) mass is 227 g/mol. The van der Waals surface area contributed by atoms with Gasteiger partial charge in [-0.05, 0) is 19.8 Å². The maximum atomic E-state index is 11.7. The van der Waals surface area contributed by atoms with Crippen molar-refractivity contribution in [3.8, 4) is 0 Å². The molecular weight excluding hydrogens is 214 g/mol. The van der Waals surface area contributed by atoms with E-state index in [1.807, 2.05) is 0 Å². The van der Waals surface area contributed by atoms with E-state index < -0.39 is 10.8 Å². The Balaban J connectivity index is 2.09. The van der Waals surface area contributed by atoms with E-state index in [1.54, 1.807) is 6.92 Å². The predicted molar refractivity (Wildman–Crippen MR) is 56.5 cm³/mol. The fraction of sp³-hybridized carbons (Fsp3) is 0.600. The van der Waals surface area contributed by atoms with E-state index in [2.05, 4.69) is 0 Å². The quantitative estimate of drug-likeness (QED) is 0.602. The van der Waals surface area contributed by atoms with Crippen LogP contribution in [0.2, 0.25) is 0 Å². The molecule has 0 aromatic heterocycles.